The Morgan fingerprint density at radius 2 is 0.887 bits per heavy atom. The summed E-state index contributed by atoms with van der Waals surface area (Å²) in [6.45, 7) is -4.19. The second kappa shape index (κ2) is 27.6. The predicted molar refractivity (Wildman–Crippen MR) is 222 cm³/mol. The van der Waals surface area contributed by atoms with Crippen LogP contribution in [0.3, 0.4) is 0 Å². The first-order valence-electron chi connectivity index (χ1n) is 23.0. The van der Waals surface area contributed by atoms with Crippen molar-refractivity contribution in [3.8, 4) is 0 Å². The Bertz CT molecular complexity index is 1610. The molecule has 0 saturated carbocycles. The molecule has 26 atom stereocenters. The lowest BCUT2D eigenvalue weighted by Crippen LogP contribution is -2.70. The molecule has 10 unspecified atom stereocenters. The van der Waals surface area contributed by atoms with Crippen LogP contribution in [-0.2, 0) is 57.0 Å². The summed E-state index contributed by atoms with van der Waals surface area (Å²) in [4.78, 5) is 24.1. The minimum Gasteiger partial charge on any atom is -0.394 e. The van der Waals surface area contributed by atoms with Crippen LogP contribution in [0.4, 0.5) is 0 Å². The Morgan fingerprint density at radius 1 is 0.465 bits per heavy atom. The summed E-state index contributed by atoms with van der Waals surface area (Å²) in [5.74, 6) is -1.56. The maximum absolute atomic E-state index is 12.5. The minimum absolute atomic E-state index is 0.0178. The van der Waals surface area contributed by atoms with Crippen LogP contribution in [0.15, 0.2) is 0 Å². The van der Waals surface area contributed by atoms with Crippen molar-refractivity contribution < 1.29 is 144 Å². The fraction of sp³-hybridized carbons (Fsp3) is 0.950. The first-order valence-corrected chi connectivity index (χ1v) is 23.0. The number of carbonyl (C=O) groups excluding carboxylic acids is 2. The highest BCUT2D eigenvalue weighted by atomic mass is 16.8. The number of unbranched alkanes of at least 4 members (excludes halogenated alkanes) is 2. The molecule has 0 aromatic rings. The van der Waals surface area contributed by atoms with Gasteiger partial charge in [-0.05, 0) is 19.3 Å². The fourth-order valence-corrected chi connectivity index (χ4v) is 8.57. The second-order valence-corrected chi connectivity index (χ2v) is 17.6. The molecule has 0 bridgehead atoms. The van der Waals surface area contributed by atoms with E-state index in [2.05, 4.69) is 10.6 Å². The summed E-state index contributed by atoms with van der Waals surface area (Å²) in [5.41, 5.74) is 0. The average molecular weight is 1040 g/mol. The van der Waals surface area contributed by atoms with Crippen LogP contribution < -0.4 is 10.6 Å². The molecule has 31 nitrogen and oxygen atoms in total. The van der Waals surface area contributed by atoms with Gasteiger partial charge in [0.15, 0.2) is 37.6 Å². The van der Waals surface area contributed by atoms with Gasteiger partial charge in [-0.15, -0.1) is 0 Å². The lowest BCUT2D eigenvalue weighted by atomic mass is 9.94. The molecule has 5 heterocycles. The summed E-state index contributed by atoms with van der Waals surface area (Å²) in [7, 11) is 0. The van der Waals surface area contributed by atoms with Crippen LogP contribution >= 0.6 is 0 Å². The normalized spacial score (nSPS) is 44.7. The molecule has 0 spiro atoms. The SMILES string of the molecule is CC(=O)N[C@H]1C(O[C@@H]2OC(CO)[C@H](O)C(O)[C@@H]2O)[C@@H](O)C(CO)O[C@H]1O[C@@H]1C(O)[C@@H](O[C@H]2C(CO)O[C@@H](O[C@@H]3C(CO)O[C@@H](OCCCCCNC(=O)[C@H](O)CO)[C@@H](O)C3O)[C@@H](O)C2O)OC(CO)[C@@H]1O. The minimum atomic E-state index is -2.17. The van der Waals surface area contributed by atoms with Gasteiger partial charge >= 0.3 is 0 Å². The first-order chi connectivity index (χ1) is 33.8. The second-order valence-electron chi connectivity index (χ2n) is 17.6. The van der Waals surface area contributed by atoms with E-state index in [0.29, 0.717) is 19.3 Å². The molecule has 5 fully saturated rings. The monoisotopic (exact) mass is 1040 g/mol. The molecule has 414 valence electrons. The topological polar surface area (TPSA) is 494 Å². The molecule has 5 rings (SSSR count). The number of nitrogens with one attached hydrogen (secondary N) is 2. The number of aliphatic hydroxyl groups is 17. The molecule has 0 aromatic carbocycles. The zero-order valence-electron chi connectivity index (χ0n) is 38.3. The van der Waals surface area contributed by atoms with Crippen molar-refractivity contribution in [2.24, 2.45) is 0 Å². The maximum atomic E-state index is 12.5. The smallest absolute Gasteiger partial charge is 0.251 e. The molecule has 2 amide bonds. The number of ether oxygens (including phenoxy) is 10. The maximum Gasteiger partial charge on any atom is 0.251 e. The van der Waals surface area contributed by atoms with Gasteiger partial charge in [-0.25, -0.2) is 0 Å². The van der Waals surface area contributed by atoms with E-state index in [1.54, 1.807) is 0 Å². The van der Waals surface area contributed by atoms with Gasteiger partial charge in [0.1, 0.15) is 122 Å². The van der Waals surface area contributed by atoms with E-state index >= 15 is 0 Å². The quantitative estimate of drug-likeness (QED) is 0.0423. The van der Waals surface area contributed by atoms with Crippen LogP contribution in [0.5, 0.6) is 0 Å². The largest absolute Gasteiger partial charge is 0.394 e. The predicted octanol–water partition coefficient (Wildman–Crippen LogP) is -12.1. The Balaban J connectivity index is 1.24. The number of rotatable bonds is 23. The third kappa shape index (κ3) is 14.2. The zero-order valence-corrected chi connectivity index (χ0v) is 38.3. The van der Waals surface area contributed by atoms with Gasteiger partial charge in [0.2, 0.25) is 5.91 Å². The van der Waals surface area contributed by atoms with Gasteiger partial charge in [-0.1, -0.05) is 0 Å². The van der Waals surface area contributed by atoms with Crippen molar-refractivity contribution >= 4 is 11.8 Å². The molecule has 71 heavy (non-hydrogen) atoms. The molecular formula is C40H70N2O29. The number of aliphatic hydroxyl groups excluding tert-OH is 17. The number of carbonyl (C=O) groups is 2. The third-order valence-corrected chi connectivity index (χ3v) is 12.6. The highest BCUT2D eigenvalue weighted by molar-refractivity contribution is 5.80. The van der Waals surface area contributed by atoms with Gasteiger partial charge in [0.25, 0.3) is 5.91 Å². The van der Waals surface area contributed by atoms with Crippen LogP contribution in [0, 0.1) is 0 Å². The Morgan fingerprint density at radius 3 is 1.41 bits per heavy atom. The molecule has 0 radical (unpaired) electrons. The van der Waals surface area contributed by atoms with Crippen LogP contribution in [-0.4, -0.2) is 311 Å². The first kappa shape index (κ1) is 59.7. The lowest BCUT2D eigenvalue weighted by Gasteiger charge is -2.50. The van der Waals surface area contributed by atoms with E-state index in [4.69, 9.17) is 52.5 Å². The van der Waals surface area contributed by atoms with E-state index in [1.807, 2.05) is 0 Å². The summed E-state index contributed by atoms with van der Waals surface area (Å²) >= 11 is 0. The Labute approximate surface area is 404 Å². The summed E-state index contributed by atoms with van der Waals surface area (Å²) in [6, 6.07) is -1.69. The number of hydrogen-bond donors (Lipinski definition) is 19. The molecule has 31 heteroatoms. The summed E-state index contributed by atoms with van der Waals surface area (Å²) in [5, 5.41) is 183. The number of amides is 2. The van der Waals surface area contributed by atoms with E-state index in [0.717, 1.165) is 6.92 Å². The van der Waals surface area contributed by atoms with Crippen molar-refractivity contribution in [1.82, 2.24) is 10.6 Å². The van der Waals surface area contributed by atoms with E-state index in [-0.39, 0.29) is 13.2 Å². The van der Waals surface area contributed by atoms with E-state index in [9.17, 15) is 91.3 Å². The van der Waals surface area contributed by atoms with Gasteiger partial charge in [-0.2, -0.15) is 0 Å². The van der Waals surface area contributed by atoms with Crippen LogP contribution in [0.1, 0.15) is 26.2 Å². The fourth-order valence-electron chi connectivity index (χ4n) is 8.57. The average Bonchev–Trinajstić information content (AvgIpc) is 3.35. The van der Waals surface area contributed by atoms with Crippen molar-refractivity contribution in [1.29, 1.82) is 0 Å². The Hall–Kier alpha value is -2.14. The summed E-state index contributed by atoms with van der Waals surface area (Å²) < 4.78 is 56.9. The van der Waals surface area contributed by atoms with Gasteiger partial charge in [0, 0.05) is 20.1 Å². The van der Waals surface area contributed by atoms with Crippen LogP contribution in [0.2, 0.25) is 0 Å². The molecule has 5 aliphatic rings. The van der Waals surface area contributed by atoms with Crippen LogP contribution in [0.25, 0.3) is 0 Å². The van der Waals surface area contributed by atoms with E-state index < -0.39 is 211 Å². The van der Waals surface area contributed by atoms with E-state index in [1.165, 1.54) is 0 Å². The van der Waals surface area contributed by atoms with Gasteiger partial charge < -0.3 is 145 Å². The summed E-state index contributed by atoms with van der Waals surface area (Å²) in [6.07, 6.45) is -44.4. The van der Waals surface area contributed by atoms with Crippen molar-refractivity contribution in [3.05, 3.63) is 0 Å². The van der Waals surface area contributed by atoms with Gasteiger partial charge in [0.05, 0.1) is 39.6 Å². The number of hydrogen-bond acceptors (Lipinski definition) is 29. The molecule has 0 aliphatic carbocycles. The molecule has 5 aliphatic heterocycles. The zero-order chi connectivity index (χ0) is 52.4. The highest BCUT2D eigenvalue weighted by Gasteiger charge is 2.57. The molecule has 19 N–H and O–H groups in total. The van der Waals surface area contributed by atoms with Crippen molar-refractivity contribution in [2.75, 3.05) is 52.8 Å². The lowest BCUT2D eigenvalue weighted by molar-refractivity contribution is -0.389. The van der Waals surface area contributed by atoms with Gasteiger partial charge in [-0.3, -0.25) is 9.59 Å². The standard InChI is InChI=1S/C40H70N2O29/c1-13(49)42-20-33(70-38-27(57)24(54)21(51)15(8-44)64-38)22(52)16(9-45)63-36(20)71-34-23(53)17(10-46)65-40(30(34)60)69-32-19(12-48)67-39(29(59)26(32)56)68-31-18(11-47)66-37(28(58)25(31)55)62-6-4-2-3-5-41-35(61)14(50)7-43/h14-34,36-40,43-48,50-60H,2-12H2,1H3,(H,41,61)(H,42,49)/t14-,15?,16?,17?,18?,19?,20+,21+,22+,23+,24?,25?,26?,27+,28+,29+,30?,31-,32+,33?,34+,36+,37-,38+,39+,40-/m1/s1. The van der Waals surface area contributed by atoms with Crippen molar-refractivity contribution in [3.63, 3.8) is 0 Å². The molecular weight excluding hydrogens is 972 g/mol. The Kier molecular flexibility index (Phi) is 23.2. The van der Waals surface area contributed by atoms with Crippen molar-refractivity contribution in [2.45, 2.75) is 186 Å². The molecule has 0 aromatic heterocycles. The third-order valence-electron chi connectivity index (χ3n) is 12.6. The highest BCUT2D eigenvalue weighted by Crippen LogP contribution is 2.36. The molecule has 5 saturated heterocycles.